The van der Waals surface area contributed by atoms with Gasteiger partial charge in [-0.1, -0.05) is 32.9 Å². The zero-order valence-corrected chi connectivity index (χ0v) is 12.7. The summed E-state index contributed by atoms with van der Waals surface area (Å²) in [4.78, 5) is 0. The van der Waals surface area contributed by atoms with Crippen LogP contribution in [-0.4, -0.2) is 11.7 Å². The average Bonchev–Trinajstić information content (AvgIpc) is 2.37. The predicted molar refractivity (Wildman–Crippen MR) is 84.4 cm³/mol. The Balaban J connectivity index is 2.97. The third-order valence-electron chi connectivity index (χ3n) is 3.14. The number of hydrogen-bond donors (Lipinski definition) is 2. The van der Waals surface area contributed by atoms with Crippen LogP contribution in [0.1, 0.15) is 43.9 Å². The van der Waals surface area contributed by atoms with E-state index in [0.29, 0.717) is 0 Å². The third-order valence-corrected chi connectivity index (χ3v) is 3.39. The molecule has 2 N–H and O–H groups in total. The Labute approximate surface area is 116 Å². The molecule has 0 fully saturated rings. The average molecular weight is 264 g/mol. The number of thiocarbonyl (C=S) groups is 1. The quantitative estimate of drug-likeness (QED) is 0.791. The van der Waals surface area contributed by atoms with Crippen molar-refractivity contribution in [2.75, 3.05) is 11.9 Å². The molecule has 1 rings (SSSR count). The molecule has 0 aliphatic rings. The van der Waals surface area contributed by atoms with Crippen molar-refractivity contribution in [1.82, 2.24) is 5.32 Å². The Hall–Kier alpha value is -1.09. The van der Waals surface area contributed by atoms with Gasteiger partial charge in [0.1, 0.15) is 0 Å². The van der Waals surface area contributed by atoms with Crippen LogP contribution in [0.3, 0.4) is 0 Å². The standard InChI is InChI=1S/C15H24N2S/c1-5-10-16-15(18)17-14-12(6-2)9-8-11(4)13(14)7-3/h8-9H,5-7,10H2,1-4H3,(H2,16,17,18). The van der Waals surface area contributed by atoms with E-state index in [0.717, 1.165) is 30.9 Å². The minimum Gasteiger partial charge on any atom is -0.362 e. The zero-order chi connectivity index (χ0) is 13.5. The maximum absolute atomic E-state index is 5.34. The summed E-state index contributed by atoms with van der Waals surface area (Å²) in [6, 6.07) is 4.39. The lowest BCUT2D eigenvalue weighted by Gasteiger charge is -2.18. The van der Waals surface area contributed by atoms with Gasteiger partial charge in [0.2, 0.25) is 0 Å². The van der Waals surface area contributed by atoms with E-state index < -0.39 is 0 Å². The maximum Gasteiger partial charge on any atom is 0.170 e. The summed E-state index contributed by atoms with van der Waals surface area (Å²) in [6.45, 7) is 9.58. The molecule has 0 amide bonds. The molecule has 100 valence electrons. The molecule has 0 radical (unpaired) electrons. The van der Waals surface area contributed by atoms with E-state index in [2.05, 4.69) is 50.5 Å². The van der Waals surface area contributed by atoms with E-state index in [-0.39, 0.29) is 0 Å². The van der Waals surface area contributed by atoms with Crippen molar-refractivity contribution in [2.24, 2.45) is 0 Å². The SMILES string of the molecule is CCCNC(=S)Nc1c(CC)ccc(C)c1CC. The lowest BCUT2D eigenvalue weighted by atomic mass is 9.98. The lowest BCUT2D eigenvalue weighted by Crippen LogP contribution is -2.29. The van der Waals surface area contributed by atoms with Crippen molar-refractivity contribution < 1.29 is 0 Å². The highest BCUT2D eigenvalue weighted by Gasteiger charge is 2.10. The Morgan fingerprint density at radius 2 is 1.89 bits per heavy atom. The van der Waals surface area contributed by atoms with Gasteiger partial charge in [-0.2, -0.15) is 0 Å². The molecule has 0 aliphatic carbocycles. The van der Waals surface area contributed by atoms with Gasteiger partial charge in [-0.25, -0.2) is 0 Å². The first-order chi connectivity index (χ1) is 8.63. The van der Waals surface area contributed by atoms with Crippen LogP contribution in [0.2, 0.25) is 0 Å². The first-order valence-corrected chi connectivity index (χ1v) is 7.21. The zero-order valence-electron chi connectivity index (χ0n) is 11.9. The lowest BCUT2D eigenvalue weighted by molar-refractivity contribution is 0.846. The van der Waals surface area contributed by atoms with E-state index >= 15 is 0 Å². The molecule has 1 aromatic rings. The van der Waals surface area contributed by atoms with Gasteiger partial charge in [0.25, 0.3) is 0 Å². The van der Waals surface area contributed by atoms with Crippen LogP contribution in [0.5, 0.6) is 0 Å². The highest BCUT2D eigenvalue weighted by Crippen LogP contribution is 2.25. The van der Waals surface area contributed by atoms with Gasteiger partial charge >= 0.3 is 0 Å². The fraction of sp³-hybridized carbons (Fsp3) is 0.533. The van der Waals surface area contributed by atoms with Crippen LogP contribution in [-0.2, 0) is 12.8 Å². The topological polar surface area (TPSA) is 24.1 Å². The second-order valence-corrected chi connectivity index (χ2v) is 4.89. The Morgan fingerprint density at radius 3 is 2.44 bits per heavy atom. The van der Waals surface area contributed by atoms with Crippen molar-refractivity contribution in [3.63, 3.8) is 0 Å². The fourth-order valence-corrected chi connectivity index (χ4v) is 2.31. The number of nitrogens with one attached hydrogen (secondary N) is 2. The first kappa shape index (κ1) is 15.0. The van der Waals surface area contributed by atoms with Crippen LogP contribution in [0, 0.1) is 6.92 Å². The van der Waals surface area contributed by atoms with Crippen molar-refractivity contribution >= 4 is 23.0 Å². The Morgan fingerprint density at radius 1 is 1.17 bits per heavy atom. The summed E-state index contributed by atoms with van der Waals surface area (Å²) in [5, 5.41) is 7.33. The van der Waals surface area contributed by atoms with E-state index in [9.17, 15) is 0 Å². The first-order valence-electron chi connectivity index (χ1n) is 6.80. The largest absolute Gasteiger partial charge is 0.362 e. The minimum atomic E-state index is 0.729. The highest BCUT2D eigenvalue weighted by atomic mass is 32.1. The maximum atomic E-state index is 5.34. The highest BCUT2D eigenvalue weighted by molar-refractivity contribution is 7.80. The third kappa shape index (κ3) is 3.70. The molecule has 3 heteroatoms. The number of benzene rings is 1. The second kappa shape index (κ2) is 7.37. The summed E-state index contributed by atoms with van der Waals surface area (Å²) < 4.78 is 0. The van der Waals surface area contributed by atoms with Crippen molar-refractivity contribution in [3.05, 3.63) is 28.8 Å². The van der Waals surface area contributed by atoms with Gasteiger partial charge in [-0.3, -0.25) is 0 Å². The summed E-state index contributed by atoms with van der Waals surface area (Å²) in [6.07, 6.45) is 3.13. The molecule has 0 bridgehead atoms. The summed E-state index contributed by atoms with van der Waals surface area (Å²) >= 11 is 5.34. The van der Waals surface area contributed by atoms with Gasteiger partial charge in [0, 0.05) is 12.2 Å². The van der Waals surface area contributed by atoms with E-state index in [4.69, 9.17) is 12.2 Å². The second-order valence-electron chi connectivity index (χ2n) is 4.48. The van der Waals surface area contributed by atoms with Gasteiger partial charge < -0.3 is 10.6 Å². The Kier molecular flexibility index (Phi) is 6.13. The van der Waals surface area contributed by atoms with Crippen LogP contribution in [0.4, 0.5) is 5.69 Å². The van der Waals surface area contributed by atoms with E-state index in [1.807, 2.05) is 0 Å². The predicted octanol–water partition coefficient (Wildman–Crippen LogP) is 3.82. The normalized spacial score (nSPS) is 10.2. The molecule has 1 aromatic carbocycles. The molecule has 0 heterocycles. The number of hydrogen-bond acceptors (Lipinski definition) is 1. The summed E-state index contributed by atoms with van der Waals surface area (Å²) in [5.74, 6) is 0. The monoisotopic (exact) mass is 264 g/mol. The molecule has 0 aromatic heterocycles. The van der Waals surface area contributed by atoms with Crippen LogP contribution < -0.4 is 10.6 Å². The minimum absolute atomic E-state index is 0.729. The van der Waals surface area contributed by atoms with Crippen LogP contribution in [0.15, 0.2) is 12.1 Å². The summed E-state index contributed by atoms with van der Waals surface area (Å²) in [7, 11) is 0. The van der Waals surface area contributed by atoms with Crippen molar-refractivity contribution in [2.45, 2.75) is 47.0 Å². The molecular weight excluding hydrogens is 240 g/mol. The van der Waals surface area contributed by atoms with Crippen LogP contribution >= 0.6 is 12.2 Å². The molecule has 0 unspecified atom stereocenters. The molecule has 0 atom stereocenters. The fourth-order valence-electron chi connectivity index (χ4n) is 2.10. The van der Waals surface area contributed by atoms with E-state index in [1.165, 1.54) is 22.4 Å². The van der Waals surface area contributed by atoms with Crippen LogP contribution in [0.25, 0.3) is 0 Å². The van der Waals surface area contributed by atoms with E-state index in [1.54, 1.807) is 0 Å². The van der Waals surface area contributed by atoms with Gasteiger partial charge in [-0.05, 0) is 55.1 Å². The number of anilines is 1. The Bertz CT molecular complexity index is 413. The van der Waals surface area contributed by atoms with Crippen molar-refractivity contribution in [3.8, 4) is 0 Å². The molecule has 0 saturated carbocycles. The van der Waals surface area contributed by atoms with Gasteiger partial charge in [0.15, 0.2) is 5.11 Å². The molecule has 18 heavy (non-hydrogen) atoms. The van der Waals surface area contributed by atoms with Crippen molar-refractivity contribution in [1.29, 1.82) is 0 Å². The molecule has 0 saturated heterocycles. The van der Waals surface area contributed by atoms with Gasteiger partial charge in [0.05, 0.1) is 0 Å². The molecule has 0 spiro atoms. The summed E-state index contributed by atoms with van der Waals surface area (Å²) in [5.41, 5.74) is 5.23. The van der Waals surface area contributed by atoms with Gasteiger partial charge in [-0.15, -0.1) is 0 Å². The number of aryl methyl sites for hydroxylation is 2. The molecule has 2 nitrogen and oxygen atoms in total. The molecular formula is C15H24N2S. The smallest absolute Gasteiger partial charge is 0.170 e. The number of rotatable bonds is 5. The molecule has 0 aliphatic heterocycles.